The van der Waals surface area contributed by atoms with Crippen LogP contribution in [0.15, 0.2) is 47.6 Å². The van der Waals surface area contributed by atoms with Crippen LogP contribution in [0.5, 0.6) is 11.5 Å². The lowest BCUT2D eigenvalue weighted by atomic mass is 10.2. The van der Waals surface area contributed by atoms with E-state index in [-0.39, 0.29) is 18.5 Å². The van der Waals surface area contributed by atoms with Gasteiger partial charge in [-0.1, -0.05) is 19.1 Å². The fourth-order valence-corrected chi connectivity index (χ4v) is 2.39. The second-order valence-electron chi connectivity index (χ2n) is 6.54. The van der Waals surface area contributed by atoms with Gasteiger partial charge in [-0.3, -0.25) is 9.59 Å². The summed E-state index contributed by atoms with van der Waals surface area (Å²) in [5, 5.41) is 6.36. The molecule has 2 N–H and O–H groups in total. The zero-order valence-electron chi connectivity index (χ0n) is 17.3. The summed E-state index contributed by atoms with van der Waals surface area (Å²) >= 11 is 0. The molecule has 30 heavy (non-hydrogen) atoms. The van der Waals surface area contributed by atoms with E-state index in [1.165, 1.54) is 18.3 Å². The molecule has 2 aromatic carbocycles. The van der Waals surface area contributed by atoms with Crippen LogP contribution in [0.2, 0.25) is 0 Å². The molecule has 7 nitrogen and oxygen atoms in total. The van der Waals surface area contributed by atoms with Crippen LogP contribution in [0.1, 0.15) is 38.3 Å². The molecule has 0 saturated heterocycles. The standard InChI is InChI=1S/C22H26FN3O4/c1-4-15(3)25-21(27)22(28)26-24-13-16-9-10-19(20(12-16)29-5-2)30-14-17-7-6-8-18(23)11-17/h6-13,15H,4-5,14H2,1-3H3,(H,25,27)(H,26,28)/b24-13-/t15-/m0/s1. The third kappa shape index (κ3) is 7.20. The Labute approximate surface area is 175 Å². The first-order valence-corrected chi connectivity index (χ1v) is 9.70. The molecule has 160 valence electrons. The van der Waals surface area contributed by atoms with E-state index >= 15 is 0 Å². The molecule has 0 aliphatic rings. The maximum absolute atomic E-state index is 13.3. The maximum atomic E-state index is 13.3. The topological polar surface area (TPSA) is 89.0 Å². The molecule has 2 rings (SSSR count). The zero-order chi connectivity index (χ0) is 21.9. The summed E-state index contributed by atoms with van der Waals surface area (Å²) in [6.45, 7) is 6.16. The molecular weight excluding hydrogens is 389 g/mol. The predicted molar refractivity (Wildman–Crippen MR) is 112 cm³/mol. The lowest BCUT2D eigenvalue weighted by Gasteiger charge is -2.12. The van der Waals surface area contributed by atoms with Gasteiger partial charge in [-0.05, 0) is 61.7 Å². The second-order valence-corrected chi connectivity index (χ2v) is 6.54. The van der Waals surface area contributed by atoms with E-state index in [2.05, 4.69) is 15.8 Å². The van der Waals surface area contributed by atoms with Crippen molar-refractivity contribution in [1.29, 1.82) is 0 Å². The van der Waals surface area contributed by atoms with Crippen molar-refractivity contribution in [3.05, 3.63) is 59.4 Å². The van der Waals surface area contributed by atoms with Crippen LogP contribution < -0.4 is 20.2 Å². The molecule has 1 atom stereocenters. The molecule has 0 spiro atoms. The van der Waals surface area contributed by atoms with Gasteiger partial charge in [0.2, 0.25) is 0 Å². The minimum absolute atomic E-state index is 0.0964. The van der Waals surface area contributed by atoms with Crippen LogP contribution in [0, 0.1) is 5.82 Å². The average molecular weight is 415 g/mol. The molecule has 2 amide bonds. The van der Waals surface area contributed by atoms with E-state index in [9.17, 15) is 14.0 Å². The SMILES string of the molecule is CCOc1cc(/C=N\NC(=O)C(=O)N[C@@H](C)CC)ccc1OCc1cccc(F)c1. The van der Waals surface area contributed by atoms with E-state index in [1.807, 2.05) is 20.8 Å². The number of halogens is 1. The third-order valence-electron chi connectivity index (χ3n) is 4.13. The number of nitrogens with zero attached hydrogens (tertiary/aromatic N) is 1. The van der Waals surface area contributed by atoms with E-state index in [0.717, 1.165) is 6.42 Å². The highest BCUT2D eigenvalue weighted by Crippen LogP contribution is 2.29. The van der Waals surface area contributed by atoms with E-state index in [1.54, 1.807) is 30.3 Å². The monoisotopic (exact) mass is 415 g/mol. The molecule has 0 radical (unpaired) electrons. The second kappa shape index (κ2) is 11.5. The number of benzene rings is 2. The Balaban J connectivity index is 2.00. The molecule has 0 fully saturated rings. The van der Waals surface area contributed by atoms with E-state index < -0.39 is 11.8 Å². The van der Waals surface area contributed by atoms with Crippen LogP contribution in [0.25, 0.3) is 0 Å². The predicted octanol–water partition coefficient (Wildman–Crippen LogP) is 3.17. The van der Waals surface area contributed by atoms with Crippen LogP contribution >= 0.6 is 0 Å². The lowest BCUT2D eigenvalue weighted by Crippen LogP contribution is -2.41. The number of carbonyl (C=O) groups excluding carboxylic acids is 2. The molecule has 0 bridgehead atoms. The number of rotatable bonds is 9. The number of carbonyl (C=O) groups is 2. The first kappa shape index (κ1) is 22.9. The van der Waals surface area contributed by atoms with Gasteiger partial charge in [-0.15, -0.1) is 0 Å². The highest BCUT2D eigenvalue weighted by Gasteiger charge is 2.14. The van der Waals surface area contributed by atoms with Crippen molar-refractivity contribution in [2.75, 3.05) is 6.61 Å². The summed E-state index contributed by atoms with van der Waals surface area (Å²) in [6, 6.07) is 11.2. The number of hydrazone groups is 1. The Bertz CT molecular complexity index is 902. The fourth-order valence-electron chi connectivity index (χ4n) is 2.39. The molecule has 8 heteroatoms. The number of ether oxygens (including phenoxy) is 2. The molecule has 0 unspecified atom stereocenters. The lowest BCUT2D eigenvalue weighted by molar-refractivity contribution is -0.139. The van der Waals surface area contributed by atoms with Crippen LogP contribution in [-0.2, 0) is 16.2 Å². The third-order valence-corrected chi connectivity index (χ3v) is 4.13. The minimum Gasteiger partial charge on any atom is -0.490 e. The number of hydrogen-bond donors (Lipinski definition) is 2. The molecule has 0 aromatic heterocycles. The van der Waals surface area contributed by atoms with Crippen molar-refractivity contribution in [2.24, 2.45) is 5.10 Å². The summed E-state index contributed by atoms with van der Waals surface area (Å²) in [6.07, 6.45) is 2.11. The molecular formula is C22H26FN3O4. The molecule has 0 saturated carbocycles. The van der Waals surface area contributed by atoms with E-state index in [4.69, 9.17) is 9.47 Å². The van der Waals surface area contributed by atoms with Gasteiger partial charge in [0.05, 0.1) is 12.8 Å². The Kier molecular flexibility index (Phi) is 8.80. The Morgan fingerprint density at radius 3 is 2.60 bits per heavy atom. The van der Waals surface area contributed by atoms with Crippen molar-refractivity contribution in [3.63, 3.8) is 0 Å². The largest absolute Gasteiger partial charge is 0.490 e. The molecule has 0 aliphatic carbocycles. The Hall–Kier alpha value is -3.42. The van der Waals surface area contributed by atoms with Gasteiger partial charge in [0, 0.05) is 6.04 Å². The quantitative estimate of drug-likeness (QED) is 0.374. The smallest absolute Gasteiger partial charge is 0.329 e. The van der Waals surface area contributed by atoms with Gasteiger partial charge in [0.15, 0.2) is 11.5 Å². The summed E-state index contributed by atoms with van der Waals surface area (Å²) in [4.78, 5) is 23.4. The Morgan fingerprint density at radius 2 is 1.90 bits per heavy atom. The van der Waals surface area contributed by atoms with Crippen molar-refractivity contribution >= 4 is 18.0 Å². The van der Waals surface area contributed by atoms with Gasteiger partial charge in [-0.25, -0.2) is 9.82 Å². The molecule has 2 aromatic rings. The normalized spacial score (nSPS) is 11.7. The van der Waals surface area contributed by atoms with E-state index in [0.29, 0.717) is 29.2 Å². The highest BCUT2D eigenvalue weighted by atomic mass is 19.1. The first-order valence-electron chi connectivity index (χ1n) is 9.70. The summed E-state index contributed by atoms with van der Waals surface area (Å²) in [5.74, 6) is -0.925. The van der Waals surface area contributed by atoms with Gasteiger partial charge in [-0.2, -0.15) is 5.10 Å². The van der Waals surface area contributed by atoms with Crippen molar-refractivity contribution < 1.29 is 23.5 Å². The van der Waals surface area contributed by atoms with Crippen LogP contribution in [0.3, 0.4) is 0 Å². The molecule has 0 aliphatic heterocycles. The van der Waals surface area contributed by atoms with Crippen LogP contribution in [0.4, 0.5) is 4.39 Å². The number of nitrogens with one attached hydrogen (secondary N) is 2. The first-order chi connectivity index (χ1) is 14.4. The van der Waals surface area contributed by atoms with Crippen molar-refractivity contribution in [2.45, 2.75) is 39.8 Å². The summed E-state index contributed by atoms with van der Waals surface area (Å²) in [7, 11) is 0. The van der Waals surface area contributed by atoms with Gasteiger partial charge in [0.1, 0.15) is 12.4 Å². The van der Waals surface area contributed by atoms with Crippen molar-refractivity contribution in [3.8, 4) is 11.5 Å². The van der Waals surface area contributed by atoms with Gasteiger partial charge >= 0.3 is 11.8 Å². The fraction of sp³-hybridized carbons (Fsp3) is 0.318. The number of hydrogen-bond acceptors (Lipinski definition) is 5. The highest BCUT2D eigenvalue weighted by molar-refractivity contribution is 6.35. The summed E-state index contributed by atoms with van der Waals surface area (Å²) < 4.78 is 24.6. The average Bonchev–Trinajstić information content (AvgIpc) is 2.73. The summed E-state index contributed by atoms with van der Waals surface area (Å²) in [5.41, 5.74) is 3.52. The Morgan fingerprint density at radius 1 is 1.10 bits per heavy atom. The van der Waals surface area contributed by atoms with Crippen LogP contribution in [-0.4, -0.2) is 30.7 Å². The van der Waals surface area contributed by atoms with Gasteiger partial charge < -0.3 is 14.8 Å². The number of amides is 2. The molecule has 0 heterocycles. The maximum Gasteiger partial charge on any atom is 0.329 e. The minimum atomic E-state index is -0.841. The van der Waals surface area contributed by atoms with Gasteiger partial charge in [0.25, 0.3) is 0 Å². The zero-order valence-corrected chi connectivity index (χ0v) is 17.3. The van der Waals surface area contributed by atoms with Crippen molar-refractivity contribution in [1.82, 2.24) is 10.7 Å².